The summed E-state index contributed by atoms with van der Waals surface area (Å²) in [5.41, 5.74) is 8.69. The number of nitrogens with two attached hydrogens (primary N) is 1. The van der Waals surface area contributed by atoms with Crippen molar-refractivity contribution in [3.63, 3.8) is 0 Å². The van der Waals surface area contributed by atoms with Crippen molar-refractivity contribution >= 4 is 17.5 Å². The van der Waals surface area contributed by atoms with E-state index in [4.69, 9.17) is 15.2 Å². The van der Waals surface area contributed by atoms with Crippen molar-refractivity contribution in [1.29, 1.82) is 0 Å². The van der Waals surface area contributed by atoms with Crippen LogP contribution in [0.1, 0.15) is 52.0 Å². The zero-order valence-electron chi connectivity index (χ0n) is 21.1. The molecule has 0 aromatic heterocycles. The number of nitrogens with one attached hydrogen (secondary N) is 1. The van der Waals surface area contributed by atoms with Crippen LogP contribution in [0, 0.1) is 5.82 Å². The summed E-state index contributed by atoms with van der Waals surface area (Å²) in [5, 5.41) is 2.78. The Morgan fingerprint density at radius 1 is 0.946 bits per heavy atom. The predicted octanol–water partition coefficient (Wildman–Crippen LogP) is 5.01. The van der Waals surface area contributed by atoms with Gasteiger partial charge in [0.15, 0.2) is 11.5 Å². The number of hydrogen-bond donors (Lipinski definition) is 2. The lowest BCUT2D eigenvalue weighted by atomic mass is 9.89. The van der Waals surface area contributed by atoms with Crippen LogP contribution in [0.15, 0.2) is 66.7 Å². The van der Waals surface area contributed by atoms with E-state index in [-0.39, 0.29) is 23.6 Å². The van der Waals surface area contributed by atoms with Crippen LogP contribution in [0.2, 0.25) is 0 Å². The number of ether oxygens (including phenoxy) is 2. The molecule has 1 aliphatic rings. The van der Waals surface area contributed by atoms with Crippen LogP contribution in [-0.4, -0.2) is 43.0 Å². The number of carbonyl (C=O) groups excluding carboxylic acids is 2. The van der Waals surface area contributed by atoms with Gasteiger partial charge in [0, 0.05) is 35.4 Å². The molecule has 2 unspecified atom stereocenters. The lowest BCUT2D eigenvalue weighted by molar-refractivity contribution is 0.0583. The van der Waals surface area contributed by atoms with Gasteiger partial charge in [0.25, 0.3) is 11.8 Å². The summed E-state index contributed by atoms with van der Waals surface area (Å²) >= 11 is 0. The molecule has 3 N–H and O–H groups in total. The number of benzene rings is 3. The first-order valence-corrected chi connectivity index (χ1v) is 12.3. The van der Waals surface area contributed by atoms with Gasteiger partial charge in [-0.15, -0.1) is 0 Å². The van der Waals surface area contributed by atoms with Crippen molar-refractivity contribution < 1.29 is 23.5 Å². The molecule has 0 spiro atoms. The van der Waals surface area contributed by atoms with Crippen molar-refractivity contribution in [3.8, 4) is 11.5 Å². The normalized spacial score (nSPS) is 17.1. The third-order valence-corrected chi connectivity index (χ3v) is 6.72. The van der Waals surface area contributed by atoms with E-state index in [1.54, 1.807) is 43.5 Å². The summed E-state index contributed by atoms with van der Waals surface area (Å²) in [7, 11) is 3.09. The highest BCUT2D eigenvalue weighted by Crippen LogP contribution is 2.30. The number of rotatable bonds is 8. The summed E-state index contributed by atoms with van der Waals surface area (Å²) in [4.78, 5) is 28.0. The fourth-order valence-corrected chi connectivity index (χ4v) is 4.72. The molecule has 1 aliphatic carbocycles. The molecule has 7 nitrogen and oxygen atoms in total. The maximum Gasteiger partial charge on any atom is 0.255 e. The number of nitrogens with zero attached hydrogens (tertiary/aromatic N) is 1. The second kappa shape index (κ2) is 11.9. The molecule has 37 heavy (non-hydrogen) atoms. The van der Waals surface area contributed by atoms with Crippen LogP contribution in [-0.2, 0) is 6.54 Å². The average Bonchev–Trinajstić information content (AvgIpc) is 2.92. The Morgan fingerprint density at radius 2 is 1.68 bits per heavy atom. The van der Waals surface area contributed by atoms with Gasteiger partial charge in [-0.25, -0.2) is 4.39 Å². The molecule has 8 heteroatoms. The van der Waals surface area contributed by atoms with Crippen molar-refractivity contribution in [2.45, 2.75) is 44.3 Å². The van der Waals surface area contributed by atoms with Gasteiger partial charge in [0.1, 0.15) is 5.82 Å². The van der Waals surface area contributed by atoms with Crippen LogP contribution in [0.5, 0.6) is 11.5 Å². The monoisotopic (exact) mass is 505 g/mol. The Kier molecular flexibility index (Phi) is 8.40. The minimum absolute atomic E-state index is 0.0956. The van der Waals surface area contributed by atoms with E-state index in [1.165, 1.54) is 25.3 Å². The quantitative estimate of drug-likeness (QED) is 0.449. The van der Waals surface area contributed by atoms with Crippen LogP contribution in [0.4, 0.5) is 10.1 Å². The van der Waals surface area contributed by atoms with Crippen LogP contribution in [0.25, 0.3) is 0 Å². The molecule has 2 atom stereocenters. The largest absolute Gasteiger partial charge is 0.493 e. The first-order chi connectivity index (χ1) is 17.9. The molecule has 0 radical (unpaired) electrons. The van der Waals surface area contributed by atoms with Crippen LogP contribution >= 0.6 is 0 Å². The molecule has 3 aromatic carbocycles. The first kappa shape index (κ1) is 26.2. The molecule has 3 aromatic rings. The SMILES string of the molecule is COc1ccc(C(=O)N(Cc2ccc(NC(=O)c3cccc(F)c3)cc2)C2CCCCC2N)cc1OC. The highest BCUT2D eigenvalue weighted by Gasteiger charge is 2.32. The van der Waals surface area contributed by atoms with Gasteiger partial charge >= 0.3 is 0 Å². The molecular formula is C29H32FN3O4. The second-order valence-corrected chi connectivity index (χ2v) is 9.18. The third-order valence-electron chi connectivity index (χ3n) is 6.72. The molecule has 1 saturated carbocycles. The number of methoxy groups -OCH3 is 2. The highest BCUT2D eigenvalue weighted by molar-refractivity contribution is 6.04. The van der Waals surface area contributed by atoms with Crippen molar-refractivity contribution in [1.82, 2.24) is 4.90 Å². The molecule has 0 aliphatic heterocycles. The van der Waals surface area contributed by atoms with E-state index < -0.39 is 11.7 Å². The van der Waals surface area contributed by atoms with Gasteiger partial charge < -0.3 is 25.4 Å². The smallest absolute Gasteiger partial charge is 0.255 e. The number of hydrogen-bond acceptors (Lipinski definition) is 5. The van der Waals surface area contributed by atoms with E-state index in [9.17, 15) is 14.0 Å². The second-order valence-electron chi connectivity index (χ2n) is 9.18. The van der Waals surface area contributed by atoms with Crippen molar-refractivity contribution in [3.05, 3.63) is 89.2 Å². The topological polar surface area (TPSA) is 93.9 Å². The number of anilines is 1. The Balaban J connectivity index is 1.54. The summed E-state index contributed by atoms with van der Waals surface area (Å²) in [5.74, 6) is 0.0381. The Hall–Kier alpha value is -3.91. The number of halogens is 1. The Morgan fingerprint density at radius 3 is 2.35 bits per heavy atom. The fraction of sp³-hybridized carbons (Fsp3) is 0.310. The standard InChI is InChI=1S/C29H32FN3O4/c1-36-26-15-12-21(17-27(26)37-2)29(35)33(25-9-4-3-8-24(25)31)18-19-10-13-23(14-11-19)32-28(34)20-6-5-7-22(30)16-20/h5-7,10-17,24-25H,3-4,8-9,18,31H2,1-2H3,(H,32,34). The lowest BCUT2D eigenvalue weighted by Gasteiger charge is -2.38. The van der Waals surface area contributed by atoms with E-state index >= 15 is 0 Å². The third kappa shape index (κ3) is 6.27. The van der Waals surface area contributed by atoms with E-state index in [2.05, 4.69) is 5.32 Å². The summed E-state index contributed by atoms with van der Waals surface area (Å²) in [6.45, 7) is 0.365. The van der Waals surface area contributed by atoms with Gasteiger partial charge in [0.2, 0.25) is 0 Å². The van der Waals surface area contributed by atoms with Gasteiger partial charge in [0.05, 0.1) is 14.2 Å². The molecule has 1 fully saturated rings. The van der Waals surface area contributed by atoms with E-state index in [0.717, 1.165) is 31.2 Å². The number of amides is 2. The van der Waals surface area contributed by atoms with Crippen LogP contribution in [0.3, 0.4) is 0 Å². The van der Waals surface area contributed by atoms with E-state index in [0.29, 0.717) is 29.3 Å². The van der Waals surface area contributed by atoms with Gasteiger partial charge in [-0.2, -0.15) is 0 Å². The summed E-state index contributed by atoms with van der Waals surface area (Å²) in [6.07, 6.45) is 3.77. The molecule has 2 amide bonds. The molecule has 194 valence electrons. The number of carbonyl (C=O) groups is 2. The molecular weight excluding hydrogens is 473 g/mol. The summed E-state index contributed by atoms with van der Waals surface area (Å²) in [6, 6.07) is 17.7. The summed E-state index contributed by atoms with van der Waals surface area (Å²) < 4.78 is 24.2. The predicted molar refractivity (Wildman–Crippen MR) is 140 cm³/mol. The fourth-order valence-electron chi connectivity index (χ4n) is 4.72. The Bertz CT molecular complexity index is 1250. The zero-order chi connectivity index (χ0) is 26.4. The zero-order valence-corrected chi connectivity index (χ0v) is 21.1. The Labute approximate surface area is 216 Å². The lowest BCUT2D eigenvalue weighted by Crippen LogP contribution is -2.51. The first-order valence-electron chi connectivity index (χ1n) is 12.3. The minimum atomic E-state index is -0.469. The minimum Gasteiger partial charge on any atom is -0.493 e. The average molecular weight is 506 g/mol. The van der Waals surface area contributed by atoms with Gasteiger partial charge in [-0.3, -0.25) is 9.59 Å². The molecule has 0 heterocycles. The van der Waals surface area contributed by atoms with Gasteiger partial charge in [-0.1, -0.05) is 31.0 Å². The molecule has 4 rings (SSSR count). The molecule has 0 saturated heterocycles. The maximum atomic E-state index is 13.7. The van der Waals surface area contributed by atoms with E-state index in [1.807, 2.05) is 17.0 Å². The van der Waals surface area contributed by atoms with Crippen molar-refractivity contribution in [2.75, 3.05) is 19.5 Å². The highest BCUT2D eigenvalue weighted by atomic mass is 19.1. The maximum absolute atomic E-state index is 13.7. The van der Waals surface area contributed by atoms with Gasteiger partial charge in [-0.05, 0) is 66.9 Å². The van der Waals surface area contributed by atoms with Crippen LogP contribution < -0.4 is 20.5 Å². The van der Waals surface area contributed by atoms with Crippen molar-refractivity contribution in [2.24, 2.45) is 5.73 Å². The molecule has 0 bridgehead atoms.